The number of aryl methyl sites for hydroxylation is 1. The Labute approximate surface area is 102 Å². The van der Waals surface area contributed by atoms with Gasteiger partial charge in [-0.2, -0.15) is 0 Å². The summed E-state index contributed by atoms with van der Waals surface area (Å²) in [7, 11) is 0. The molecule has 2 aromatic rings. The smallest absolute Gasteiger partial charge is 0.105 e. The first kappa shape index (κ1) is 10.6. The van der Waals surface area contributed by atoms with Crippen LogP contribution in [0.4, 0.5) is 0 Å². The van der Waals surface area contributed by atoms with Crippen molar-refractivity contribution in [2.45, 2.75) is 25.3 Å². The maximum absolute atomic E-state index is 5.33. The van der Waals surface area contributed by atoms with Gasteiger partial charge in [0.2, 0.25) is 0 Å². The Morgan fingerprint density at radius 3 is 3.00 bits per heavy atom. The van der Waals surface area contributed by atoms with E-state index in [-0.39, 0.29) is 0 Å². The largest absolute Gasteiger partial charge is 0.469 e. The van der Waals surface area contributed by atoms with Crippen LogP contribution in [0.3, 0.4) is 0 Å². The van der Waals surface area contributed by atoms with E-state index >= 15 is 0 Å². The van der Waals surface area contributed by atoms with Crippen molar-refractivity contribution in [2.24, 2.45) is 0 Å². The number of rotatable bonds is 4. The molecule has 0 fully saturated rings. The first-order valence-electron chi connectivity index (χ1n) is 6.27. The van der Waals surface area contributed by atoms with Gasteiger partial charge in [0.1, 0.15) is 5.76 Å². The highest BCUT2D eigenvalue weighted by Gasteiger charge is 2.20. The van der Waals surface area contributed by atoms with Crippen LogP contribution < -0.4 is 5.32 Å². The summed E-state index contributed by atoms with van der Waals surface area (Å²) in [5.74, 6) is 1.06. The molecular formula is C15H17NO. The zero-order valence-electron chi connectivity index (χ0n) is 9.86. The maximum atomic E-state index is 5.33. The van der Waals surface area contributed by atoms with E-state index in [1.54, 1.807) is 6.26 Å². The lowest BCUT2D eigenvalue weighted by molar-refractivity contribution is 0.476. The predicted molar refractivity (Wildman–Crippen MR) is 67.9 cm³/mol. The van der Waals surface area contributed by atoms with Gasteiger partial charge in [-0.3, -0.25) is 0 Å². The van der Waals surface area contributed by atoms with Crippen molar-refractivity contribution in [3.63, 3.8) is 0 Å². The molecule has 0 saturated heterocycles. The lowest BCUT2D eigenvalue weighted by Gasteiger charge is -2.13. The van der Waals surface area contributed by atoms with E-state index in [9.17, 15) is 0 Å². The van der Waals surface area contributed by atoms with Crippen molar-refractivity contribution in [3.05, 3.63) is 59.5 Å². The standard InChI is InChI=1S/C15H17NO/c1-2-6-14-12(4-1)7-8-15(14)16-10-9-13-5-3-11-17-13/h1-6,11,15-16H,7-10H2. The van der Waals surface area contributed by atoms with E-state index in [2.05, 4.69) is 29.6 Å². The van der Waals surface area contributed by atoms with E-state index in [1.165, 1.54) is 24.0 Å². The van der Waals surface area contributed by atoms with Gasteiger partial charge in [0.05, 0.1) is 6.26 Å². The van der Waals surface area contributed by atoms with Crippen LogP contribution in [-0.4, -0.2) is 6.54 Å². The van der Waals surface area contributed by atoms with Crippen LogP contribution in [-0.2, 0) is 12.8 Å². The molecule has 1 aliphatic rings. The Morgan fingerprint density at radius 2 is 2.12 bits per heavy atom. The molecule has 1 atom stereocenters. The third-order valence-corrected chi connectivity index (χ3v) is 3.48. The number of furan rings is 1. The normalized spacial score (nSPS) is 18.2. The quantitative estimate of drug-likeness (QED) is 0.868. The molecule has 0 aliphatic heterocycles. The first-order valence-corrected chi connectivity index (χ1v) is 6.27. The van der Waals surface area contributed by atoms with Crippen molar-refractivity contribution < 1.29 is 4.42 Å². The molecule has 88 valence electrons. The summed E-state index contributed by atoms with van der Waals surface area (Å²) >= 11 is 0. The van der Waals surface area contributed by atoms with E-state index in [4.69, 9.17) is 4.42 Å². The topological polar surface area (TPSA) is 25.2 Å². The number of fused-ring (bicyclic) bond motifs is 1. The van der Waals surface area contributed by atoms with E-state index < -0.39 is 0 Å². The Hall–Kier alpha value is -1.54. The summed E-state index contributed by atoms with van der Waals surface area (Å²) in [6.07, 6.45) is 5.12. The number of hydrogen-bond donors (Lipinski definition) is 1. The van der Waals surface area contributed by atoms with Gasteiger partial charge in [-0.05, 0) is 36.1 Å². The monoisotopic (exact) mass is 227 g/mol. The van der Waals surface area contributed by atoms with Gasteiger partial charge in [-0.15, -0.1) is 0 Å². The molecule has 0 saturated carbocycles. The fraction of sp³-hybridized carbons (Fsp3) is 0.333. The summed E-state index contributed by atoms with van der Waals surface area (Å²) in [6, 6.07) is 13.2. The zero-order valence-corrected chi connectivity index (χ0v) is 9.86. The van der Waals surface area contributed by atoms with Gasteiger partial charge in [0.15, 0.2) is 0 Å². The van der Waals surface area contributed by atoms with Crippen molar-refractivity contribution in [3.8, 4) is 0 Å². The van der Waals surface area contributed by atoms with E-state index in [1.807, 2.05) is 12.1 Å². The minimum absolute atomic E-state index is 0.529. The summed E-state index contributed by atoms with van der Waals surface area (Å²) in [4.78, 5) is 0. The SMILES string of the molecule is c1coc(CCNC2CCc3ccccc32)c1. The third kappa shape index (κ3) is 2.27. The minimum Gasteiger partial charge on any atom is -0.469 e. The van der Waals surface area contributed by atoms with Crippen molar-refractivity contribution in [1.82, 2.24) is 5.32 Å². The average Bonchev–Trinajstić information content (AvgIpc) is 2.99. The predicted octanol–water partition coefficient (Wildman–Crippen LogP) is 3.10. The summed E-state index contributed by atoms with van der Waals surface area (Å²) in [5.41, 5.74) is 2.98. The van der Waals surface area contributed by atoms with Crippen LogP contribution in [0.2, 0.25) is 0 Å². The molecule has 0 amide bonds. The van der Waals surface area contributed by atoms with Crippen molar-refractivity contribution in [1.29, 1.82) is 0 Å². The Morgan fingerprint density at radius 1 is 1.18 bits per heavy atom. The van der Waals surface area contributed by atoms with Crippen molar-refractivity contribution >= 4 is 0 Å². The summed E-state index contributed by atoms with van der Waals surface area (Å²) in [5, 5.41) is 3.62. The molecule has 0 spiro atoms. The molecule has 1 unspecified atom stereocenters. The molecule has 2 heteroatoms. The molecular weight excluding hydrogens is 210 g/mol. The number of hydrogen-bond acceptors (Lipinski definition) is 2. The second kappa shape index (κ2) is 4.76. The molecule has 1 heterocycles. The Bertz CT molecular complexity index is 475. The molecule has 17 heavy (non-hydrogen) atoms. The van der Waals surface area contributed by atoms with Crippen LogP contribution in [0, 0.1) is 0 Å². The van der Waals surface area contributed by atoms with Gasteiger partial charge >= 0.3 is 0 Å². The van der Waals surface area contributed by atoms with E-state index in [0.29, 0.717) is 6.04 Å². The molecule has 3 rings (SSSR count). The second-order valence-electron chi connectivity index (χ2n) is 4.57. The fourth-order valence-corrected chi connectivity index (χ4v) is 2.59. The minimum atomic E-state index is 0.529. The average molecular weight is 227 g/mol. The van der Waals surface area contributed by atoms with Gasteiger partial charge < -0.3 is 9.73 Å². The lowest BCUT2D eigenvalue weighted by atomic mass is 10.1. The molecule has 1 N–H and O–H groups in total. The molecule has 2 nitrogen and oxygen atoms in total. The fourth-order valence-electron chi connectivity index (χ4n) is 2.59. The highest BCUT2D eigenvalue weighted by molar-refractivity contribution is 5.34. The highest BCUT2D eigenvalue weighted by Crippen LogP contribution is 2.30. The molecule has 0 radical (unpaired) electrons. The van der Waals surface area contributed by atoms with Gasteiger partial charge in [0, 0.05) is 19.0 Å². The molecule has 0 bridgehead atoms. The van der Waals surface area contributed by atoms with Crippen LogP contribution in [0.15, 0.2) is 47.1 Å². The lowest BCUT2D eigenvalue weighted by Crippen LogP contribution is -2.21. The summed E-state index contributed by atoms with van der Waals surface area (Å²) in [6.45, 7) is 0.979. The molecule has 1 aromatic carbocycles. The third-order valence-electron chi connectivity index (χ3n) is 3.48. The van der Waals surface area contributed by atoms with Crippen LogP contribution in [0.1, 0.15) is 29.3 Å². The van der Waals surface area contributed by atoms with E-state index in [0.717, 1.165) is 18.7 Å². The van der Waals surface area contributed by atoms with Gasteiger partial charge in [-0.25, -0.2) is 0 Å². The van der Waals surface area contributed by atoms with Gasteiger partial charge in [0.25, 0.3) is 0 Å². The van der Waals surface area contributed by atoms with Crippen LogP contribution in [0.5, 0.6) is 0 Å². The number of nitrogens with one attached hydrogen (secondary N) is 1. The highest BCUT2D eigenvalue weighted by atomic mass is 16.3. The maximum Gasteiger partial charge on any atom is 0.105 e. The van der Waals surface area contributed by atoms with Crippen LogP contribution >= 0.6 is 0 Å². The Balaban J connectivity index is 1.57. The Kier molecular flexibility index (Phi) is 2.97. The second-order valence-corrected chi connectivity index (χ2v) is 4.57. The molecule has 1 aromatic heterocycles. The molecule has 1 aliphatic carbocycles. The first-order chi connectivity index (χ1) is 8.43. The summed E-state index contributed by atoms with van der Waals surface area (Å²) < 4.78 is 5.33. The van der Waals surface area contributed by atoms with Crippen LogP contribution in [0.25, 0.3) is 0 Å². The zero-order chi connectivity index (χ0) is 11.5. The van der Waals surface area contributed by atoms with Crippen molar-refractivity contribution in [2.75, 3.05) is 6.54 Å². The number of benzene rings is 1. The van der Waals surface area contributed by atoms with Gasteiger partial charge in [-0.1, -0.05) is 24.3 Å².